The summed E-state index contributed by atoms with van der Waals surface area (Å²) in [6.45, 7) is 7.36. The first-order valence-corrected chi connectivity index (χ1v) is 9.38. The van der Waals surface area contributed by atoms with Crippen LogP contribution in [0.5, 0.6) is 0 Å². The summed E-state index contributed by atoms with van der Waals surface area (Å²) in [5.41, 5.74) is 0.992. The van der Waals surface area contributed by atoms with E-state index in [4.69, 9.17) is 0 Å². The molecule has 25 heavy (non-hydrogen) atoms. The number of carbonyl (C=O) groups is 2. The van der Waals surface area contributed by atoms with Crippen LogP contribution in [0.1, 0.15) is 64.4 Å². The number of benzene rings is 1. The molecule has 1 N–H and O–H groups in total. The Balaban J connectivity index is 0.00000109. The summed E-state index contributed by atoms with van der Waals surface area (Å²) >= 11 is 0. The average molecular weight is 348 g/mol. The van der Waals surface area contributed by atoms with Crippen molar-refractivity contribution >= 4 is 17.5 Å². The second-order valence-electron chi connectivity index (χ2n) is 6.59. The number of carbonyl (C=O) groups excluding carboxylic acids is 2. The van der Waals surface area contributed by atoms with Crippen LogP contribution in [-0.4, -0.2) is 30.6 Å². The van der Waals surface area contributed by atoms with Crippen LogP contribution in [0.3, 0.4) is 0 Å². The quantitative estimate of drug-likeness (QED) is 0.842. The number of nitrogens with one attached hydrogen (secondary N) is 1. The number of hydrogen-bond acceptors (Lipinski definition) is 3. The minimum atomic E-state index is -1.01. The Labute approximate surface area is 149 Å². The molecule has 0 spiro atoms. The SMILES string of the molecule is CC.CCC1(F)CCN(c2ccc(C3CCC(=O)NC3=O)cc2)CC1. The normalized spacial score (nSPS) is 22.7. The minimum absolute atomic E-state index is 0.193. The second kappa shape index (κ2) is 8.45. The monoisotopic (exact) mass is 348 g/mol. The van der Waals surface area contributed by atoms with Crippen molar-refractivity contribution in [1.29, 1.82) is 0 Å². The molecule has 0 aliphatic carbocycles. The molecular formula is C20H29FN2O2. The molecular weight excluding hydrogens is 319 g/mol. The fourth-order valence-corrected chi connectivity index (χ4v) is 3.45. The molecule has 0 bridgehead atoms. The van der Waals surface area contributed by atoms with Crippen LogP contribution in [-0.2, 0) is 9.59 Å². The van der Waals surface area contributed by atoms with E-state index in [1.165, 1.54) is 0 Å². The molecule has 1 aromatic carbocycles. The van der Waals surface area contributed by atoms with E-state index in [0.717, 1.165) is 24.3 Å². The van der Waals surface area contributed by atoms with Gasteiger partial charge in [-0.3, -0.25) is 14.9 Å². The van der Waals surface area contributed by atoms with Gasteiger partial charge in [0.25, 0.3) is 0 Å². The highest BCUT2D eigenvalue weighted by Gasteiger charge is 2.33. The van der Waals surface area contributed by atoms with E-state index in [1.54, 1.807) is 0 Å². The van der Waals surface area contributed by atoms with Crippen molar-refractivity contribution in [3.05, 3.63) is 29.8 Å². The number of amides is 2. The summed E-state index contributed by atoms with van der Waals surface area (Å²) in [4.78, 5) is 25.3. The predicted molar refractivity (Wildman–Crippen MR) is 98.5 cm³/mol. The molecule has 4 nitrogen and oxygen atoms in total. The Bertz CT molecular complexity index is 592. The third kappa shape index (κ3) is 4.59. The van der Waals surface area contributed by atoms with Crippen molar-refractivity contribution in [1.82, 2.24) is 5.32 Å². The largest absolute Gasteiger partial charge is 0.371 e. The molecule has 2 saturated heterocycles. The Kier molecular flexibility index (Phi) is 6.57. The second-order valence-corrected chi connectivity index (χ2v) is 6.59. The van der Waals surface area contributed by atoms with E-state index in [2.05, 4.69) is 10.2 Å². The van der Waals surface area contributed by atoms with Gasteiger partial charge in [0.2, 0.25) is 11.8 Å². The van der Waals surface area contributed by atoms with Crippen LogP contribution in [0.2, 0.25) is 0 Å². The highest BCUT2D eigenvalue weighted by molar-refractivity contribution is 6.00. The summed E-state index contributed by atoms with van der Waals surface area (Å²) < 4.78 is 14.3. The van der Waals surface area contributed by atoms with E-state index in [-0.39, 0.29) is 17.7 Å². The standard InChI is InChI=1S/C18H23FN2O2.C2H6/c1-2-18(19)9-11-21(12-10-18)14-5-3-13(4-6-14)15-7-8-16(22)20-17(15)23;1-2/h3-6,15H,2,7-12H2,1H3,(H,20,22,23);1-2H3. The number of nitrogens with zero attached hydrogens (tertiary/aromatic N) is 1. The molecule has 2 fully saturated rings. The number of halogens is 1. The highest BCUT2D eigenvalue weighted by atomic mass is 19.1. The van der Waals surface area contributed by atoms with Crippen LogP contribution in [0.15, 0.2) is 24.3 Å². The van der Waals surface area contributed by atoms with Gasteiger partial charge in [-0.05, 0) is 43.4 Å². The zero-order chi connectivity index (χ0) is 18.4. The lowest BCUT2D eigenvalue weighted by atomic mass is 9.89. The lowest BCUT2D eigenvalue weighted by Crippen LogP contribution is -2.41. The van der Waals surface area contributed by atoms with Gasteiger partial charge >= 0.3 is 0 Å². The number of anilines is 1. The van der Waals surface area contributed by atoms with Gasteiger partial charge in [0.15, 0.2) is 0 Å². The zero-order valence-electron chi connectivity index (χ0n) is 15.5. The Morgan fingerprint density at radius 2 is 1.76 bits per heavy atom. The first-order valence-electron chi connectivity index (χ1n) is 9.38. The number of alkyl halides is 1. The Morgan fingerprint density at radius 3 is 2.28 bits per heavy atom. The molecule has 0 aromatic heterocycles. The molecule has 0 radical (unpaired) electrons. The number of rotatable bonds is 3. The molecule has 1 unspecified atom stereocenters. The zero-order valence-corrected chi connectivity index (χ0v) is 15.5. The maximum atomic E-state index is 14.3. The third-order valence-electron chi connectivity index (χ3n) is 5.19. The van der Waals surface area contributed by atoms with Crippen LogP contribution in [0, 0.1) is 0 Å². The van der Waals surface area contributed by atoms with Crippen molar-refractivity contribution in [2.75, 3.05) is 18.0 Å². The summed E-state index contributed by atoms with van der Waals surface area (Å²) in [5.74, 6) is -0.652. The van der Waals surface area contributed by atoms with Crippen molar-refractivity contribution in [2.45, 2.75) is 64.5 Å². The van der Waals surface area contributed by atoms with E-state index >= 15 is 0 Å². The van der Waals surface area contributed by atoms with Gasteiger partial charge in [0.1, 0.15) is 5.67 Å². The molecule has 5 heteroatoms. The van der Waals surface area contributed by atoms with Crippen molar-refractivity contribution < 1.29 is 14.0 Å². The molecule has 1 atom stereocenters. The lowest BCUT2D eigenvalue weighted by molar-refractivity contribution is -0.134. The van der Waals surface area contributed by atoms with E-state index in [0.29, 0.717) is 32.1 Å². The highest BCUT2D eigenvalue weighted by Crippen LogP contribution is 2.33. The predicted octanol–water partition coefficient (Wildman–Crippen LogP) is 3.95. The Hall–Kier alpha value is -1.91. The van der Waals surface area contributed by atoms with Gasteiger partial charge in [-0.1, -0.05) is 32.9 Å². The van der Waals surface area contributed by atoms with Crippen LogP contribution in [0.4, 0.5) is 10.1 Å². The Morgan fingerprint density at radius 1 is 1.16 bits per heavy atom. The molecule has 1 aromatic rings. The number of piperidine rings is 2. The first kappa shape index (κ1) is 19.4. The van der Waals surface area contributed by atoms with E-state index < -0.39 is 5.67 Å². The van der Waals surface area contributed by atoms with Gasteiger partial charge < -0.3 is 4.90 Å². The van der Waals surface area contributed by atoms with Crippen molar-refractivity contribution in [2.24, 2.45) is 0 Å². The molecule has 138 valence electrons. The fourth-order valence-electron chi connectivity index (χ4n) is 3.45. The van der Waals surface area contributed by atoms with Crippen LogP contribution < -0.4 is 10.2 Å². The number of imide groups is 1. The summed E-state index contributed by atoms with van der Waals surface area (Å²) in [5, 5.41) is 2.39. The third-order valence-corrected chi connectivity index (χ3v) is 5.19. The molecule has 2 aliphatic heterocycles. The molecule has 2 heterocycles. The topological polar surface area (TPSA) is 49.4 Å². The van der Waals surface area contributed by atoms with Crippen LogP contribution in [0.25, 0.3) is 0 Å². The minimum Gasteiger partial charge on any atom is -0.371 e. The van der Waals surface area contributed by atoms with Crippen LogP contribution >= 0.6 is 0 Å². The van der Waals surface area contributed by atoms with Gasteiger partial charge in [-0.15, -0.1) is 0 Å². The maximum absolute atomic E-state index is 14.3. The van der Waals surface area contributed by atoms with Gasteiger partial charge in [0, 0.05) is 25.2 Å². The fraction of sp³-hybridized carbons (Fsp3) is 0.600. The van der Waals surface area contributed by atoms with Gasteiger partial charge in [0.05, 0.1) is 5.92 Å². The average Bonchev–Trinajstić information content (AvgIpc) is 2.64. The molecule has 3 rings (SSSR count). The molecule has 2 amide bonds. The van der Waals surface area contributed by atoms with Crippen molar-refractivity contribution in [3.63, 3.8) is 0 Å². The van der Waals surface area contributed by atoms with E-state index in [9.17, 15) is 14.0 Å². The summed E-state index contributed by atoms with van der Waals surface area (Å²) in [6, 6.07) is 7.89. The van der Waals surface area contributed by atoms with Gasteiger partial charge in [-0.2, -0.15) is 0 Å². The summed E-state index contributed by atoms with van der Waals surface area (Å²) in [7, 11) is 0. The first-order chi connectivity index (χ1) is 12.0. The molecule has 2 aliphatic rings. The van der Waals surface area contributed by atoms with Gasteiger partial charge in [-0.25, -0.2) is 4.39 Å². The smallest absolute Gasteiger partial charge is 0.234 e. The van der Waals surface area contributed by atoms with E-state index in [1.807, 2.05) is 45.0 Å². The van der Waals surface area contributed by atoms with Crippen molar-refractivity contribution in [3.8, 4) is 0 Å². The maximum Gasteiger partial charge on any atom is 0.234 e. The number of hydrogen-bond donors (Lipinski definition) is 1. The summed E-state index contributed by atoms with van der Waals surface area (Å²) in [6.07, 6.45) is 2.67. The lowest BCUT2D eigenvalue weighted by Gasteiger charge is -2.37. The molecule has 0 saturated carbocycles.